The molecule has 0 aliphatic heterocycles. The van der Waals surface area contributed by atoms with Crippen molar-refractivity contribution < 1.29 is 9.53 Å². The van der Waals surface area contributed by atoms with E-state index in [2.05, 4.69) is 0 Å². The summed E-state index contributed by atoms with van der Waals surface area (Å²) < 4.78 is 5.41. The summed E-state index contributed by atoms with van der Waals surface area (Å²) in [4.78, 5) is 11.7. The molecule has 0 unspecified atom stereocenters. The van der Waals surface area contributed by atoms with E-state index in [4.69, 9.17) is 27.9 Å². The van der Waals surface area contributed by atoms with Gasteiger partial charge < -0.3 is 4.74 Å². The Morgan fingerprint density at radius 3 is 2.41 bits per heavy atom. The van der Waals surface area contributed by atoms with Crippen molar-refractivity contribution >= 4 is 29.0 Å². The first-order valence-corrected chi connectivity index (χ1v) is 6.13. The lowest BCUT2D eigenvalue weighted by atomic mass is 10.1. The molecule has 0 amide bonds. The zero-order chi connectivity index (χ0) is 13.1. The molecule has 2 nitrogen and oxygen atoms in total. The Morgan fingerprint density at radius 2 is 1.88 bits per heavy atom. The number of halogens is 2. The molecule has 0 spiro atoms. The third-order valence-electron chi connectivity index (χ3n) is 2.05. The van der Waals surface area contributed by atoms with Crippen LogP contribution in [-0.4, -0.2) is 18.0 Å². The van der Waals surface area contributed by atoms with Crippen molar-refractivity contribution in [2.45, 2.75) is 32.8 Å². The van der Waals surface area contributed by atoms with Crippen LogP contribution in [0.3, 0.4) is 0 Å². The lowest BCUT2D eigenvalue weighted by molar-refractivity contribution is -0.127. The molecule has 0 atom stereocenters. The highest BCUT2D eigenvalue weighted by Gasteiger charge is 2.13. The molecule has 0 heterocycles. The van der Waals surface area contributed by atoms with Gasteiger partial charge in [-0.25, -0.2) is 0 Å². The molecule has 0 aromatic heterocycles. The van der Waals surface area contributed by atoms with Crippen LogP contribution < -0.4 is 0 Å². The highest BCUT2D eigenvalue weighted by Crippen LogP contribution is 2.22. The van der Waals surface area contributed by atoms with Gasteiger partial charge in [-0.05, 0) is 38.5 Å². The Morgan fingerprint density at radius 1 is 1.24 bits per heavy atom. The Hall–Kier alpha value is -0.570. The summed E-state index contributed by atoms with van der Waals surface area (Å²) >= 11 is 11.7. The third kappa shape index (κ3) is 5.53. The lowest BCUT2D eigenvalue weighted by Gasteiger charge is -2.18. The van der Waals surface area contributed by atoms with E-state index in [9.17, 15) is 4.79 Å². The van der Waals surface area contributed by atoms with Crippen LogP contribution in [0.1, 0.15) is 26.3 Å². The Labute approximate surface area is 112 Å². The maximum Gasteiger partial charge on any atom is 0.162 e. The van der Waals surface area contributed by atoms with Crippen molar-refractivity contribution in [1.82, 2.24) is 0 Å². The summed E-state index contributed by atoms with van der Waals surface area (Å²) in [7, 11) is 0. The van der Waals surface area contributed by atoms with E-state index in [1.165, 1.54) is 0 Å². The fraction of sp³-hybridized carbons (Fsp3) is 0.462. The largest absolute Gasteiger partial charge is 0.368 e. The number of ether oxygens (including phenoxy) is 1. The van der Waals surface area contributed by atoms with Crippen LogP contribution in [0.2, 0.25) is 10.0 Å². The highest BCUT2D eigenvalue weighted by atomic mass is 35.5. The van der Waals surface area contributed by atoms with Crippen molar-refractivity contribution in [2.24, 2.45) is 0 Å². The van der Waals surface area contributed by atoms with Crippen LogP contribution in [0.25, 0.3) is 0 Å². The molecule has 0 saturated heterocycles. The molecule has 4 heteroatoms. The topological polar surface area (TPSA) is 26.3 Å². The first-order chi connectivity index (χ1) is 7.78. The van der Waals surface area contributed by atoms with E-state index in [1.54, 1.807) is 18.2 Å². The van der Waals surface area contributed by atoms with Crippen LogP contribution in [0.5, 0.6) is 0 Å². The molecular formula is C13H16Cl2O2. The van der Waals surface area contributed by atoms with Crippen LogP contribution in [0.15, 0.2) is 18.2 Å². The summed E-state index contributed by atoms with van der Waals surface area (Å²) in [5.74, 6) is 0.0262. The van der Waals surface area contributed by atoms with Crippen molar-refractivity contribution in [2.75, 3.05) is 6.61 Å². The van der Waals surface area contributed by atoms with E-state index >= 15 is 0 Å². The standard InChI is InChI=1S/C13H16Cl2O2/c1-13(2,3)17-8-10(16)6-9-4-5-11(14)12(15)7-9/h4-5,7H,6,8H2,1-3H3. The summed E-state index contributed by atoms with van der Waals surface area (Å²) in [5, 5.41) is 0.961. The summed E-state index contributed by atoms with van der Waals surface area (Å²) in [6.07, 6.45) is 0.312. The first-order valence-electron chi connectivity index (χ1n) is 5.37. The van der Waals surface area contributed by atoms with Crippen LogP contribution in [-0.2, 0) is 16.0 Å². The van der Waals surface area contributed by atoms with Crippen molar-refractivity contribution in [3.05, 3.63) is 33.8 Å². The monoisotopic (exact) mass is 274 g/mol. The fourth-order valence-corrected chi connectivity index (χ4v) is 1.55. The van der Waals surface area contributed by atoms with Gasteiger partial charge in [0, 0.05) is 6.42 Å². The van der Waals surface area contributed by atoms with E-state index < -0.39 is 0 Å². The second-order valence-corrected chi connectivity index (χ2v) is 5.68. The Balaban J connectivity index is 2.54. The molecule has 0 saturated carbocycles. The van der Waals surface area contributed by atoms with Crippen LogP contribution in [0.4, 0.5) is 0 Å². The van der Waals surface area contributed by atoms with Gasteiger partial charge in [0.25, 0.3) is 0 Å². The molecule has 0 bridgehead atoms. The molecule has 17 heavy (non-hydrogen) atoms. The van der Waals surface area contributed by atoms with Gasteiger partial charge in [-0.15, -0.1) is 0 Å². The summed E-state index contributed by atoms with van der Waals surface area (Å²) in [6, 6.07) is 5.19. The minimum absolute atomic E-state index is 0.0262. The van der Waals surface area contributed by atoms with Crippen molar-refractivity contribution in [3.8, 4) is 0 Å². The molecule has 0 radical (unpaired) electrons. The maximum atomic E-state index is 11.7. The predicted octanol–water partition coefficient (Wildman–Crippen LogP) is 3.92. The average molecular weight is 275 g/mol. The highest BCUT2D eigenvalue weighted by molar-refractivity contribution is 6.42. The van der Waals surface area contributed by atoms with Crippen LogP contribution in [0, 0.1) is 0 Å². The van der Waals surface area contributed by atoms with Gasteiger partial charge in [0.15, 0.2) is 5.78 Å². The maximum absolute atomic E-state index is 11.7. The van der Waals surface area contributed by atoms with Crippen molar-refractivity contribution in [3.63, 3.8) is 0 Å². The number of benzene rings is 1. The molecule has 0 N–H and O–H groups in total. The van der Waals surface area contributed by atoms with Gasteiger partial charge in [0.2, 0.25) is 0 Å². The van der Waals surface area contributed by atoms with E-state index in [1.807, 2.05) is 20.8 Å². The molecular weight excluding hydrogens is 259 g/mol. The number of carbonyl (C=O) groups excluding carboxylic acids is 1. The smallest absolute Gasteiger partial charge is 0.162 e. The minimum Gasteiger partial charge on any atom is -0.368 e. The number of ketones is 1. The number of carbonyl (C=O) groups is 1. The van der Waals surface area contributed by atoms with Crippen LogP contribution >= 0.6 is 23.2 Å². The molecule has 0 fully saturated rings. The SMILES string of the molecule is CC(C)(C)OCC(=O)Cc1ccc(Cl)c(Cl)c1. The van der Waals surface area contributed by atoms with Gasteiger partial charge in [-0.2, -0.15) is 0 Å². The Kier molecular flexibility index (Phi) is 4.99. The Bertz CT molecular complexity index is 408. The molecule has 0 aliphatic rings. The zero-order valence-electron chi connectivity index (χ0n) is 10.2. The molecule has 94 valence electrons. The van der Waals surface area contributed by atoms with Gasteiger partial charge in [0.1, 0.15) is 6.61 Å². The zero-order valence-corrected chi connectivity index (χ0v) is 11.7. The molecule has 0 aliphatic carbocycles. The van der Waals surface area contributed by atoms with Gasteiger partial charge in [0.05, 0.1) is 15.6 Å². The second-order valence-electron chi connectivity index (χ2n) is 4.86. The second kappa shape index (κ2) is 5.85. The van der Waals surface area contributed by atoms with Gasteiger partial charge >= 0.3 is 0 Å². The van der Waals surface area contributed by atoms with E-state index in [-0.39, 0.29) is 18.0 Å². The number of hydrogen-bond acceptors (Lipinski definition) is 2. The average Bonchev–Trinajstić information content (AvgIpc) is 2.20. The quantitative estimate of drug-likeness (QED) is 0.832. The summed E-state index contributed by atoms with van der Waals surface area (Å²) in [6.45, 7) is 5.86. The predicted molar refractivity (Wildman–Crippen MR) is 70.9 cm³/mol. The molecule has 1 aromatic carbocycles. The lowest BCUT2D eigenvalue weighted by Crippen LogP contribution is -2.24. The molecule has 1 rings (SSSR count). The number of rotatable bonds is 4. The fourth-order valence-electron chi connectivity index (χ4n) is 1.23. The number of Topliss-reactive ketones (excluding diaryl/α,β-unsaturated/α-hetero) is 1. The minimum atomic E-state index is -0.298. The van der Waals surface area contributed by atoms with Gasteiger partial charge in [-0.1, -0.05) is 29.3 Å². The number of hydrogen-bond donors (Lipinski definition) is 0. The summed E-state index contributed by atoms with van der Waals surface area (Å²) in [5.41, 5.74) is 0.551. The first kappa shape index (κ1) is 14.5. The van der Waals surface area contributed by atoms with Gasteiger partial charge in [-0.3, -0.25) is 4.79 Å². The van der Waals surface area contributed by atoms with E-state index in [0.29, 0.717) is 16.5 Å². The molecule has 1 aromatic rings. The normalized spacial score (nSPS) is 11.6. The third-order valence-corrected chi connectivity index (χ3v) is 2.79. The van der Waals surface area contributed by atoms with Crippen molar-refractivity contribution in [1.29, 1.82) is 0 Å². The van der Waals surface area contributed by atoms with E-state index in [0.717, 1.165) is 5.56 Å².